The molecule has 1 aliphatic carbocycles. The zero-order chi connectivity index (χ0) is 10.5. The van der Waals surface area contributed by atoms with Crippen LogP contribution >= 0.6 is 0 Å². The van der Waals surface area contributed by atoms with E-state index in [0.29, 0.717) is 5.75 Å². The lowest BCUT2D eigenvalue weighted by atomic mass is 10.1. The van der Waals surface area contributed by atoms with Crippen molar-refractivity contribution in [3.8, 4) is 5.75 Å². The molecule has 1 fully saturated rings. The van der Waals surface area contributed by atoms with Crippen molar-refractivity contribution in [1.29, 1.82) is 0 Å². The zero-order valence-corrected chi connectivity index (χ0v) is 8.79. The average molecular weight is 209 g/mol. The predicted octanol–water partition coefficient (Wildman–Crippen LogP) is 3.32. The third-order valence-corrected chi connectivity index (χ3v) is 2.80. The van der Waals surface area contributed by atoms with E-state index in [-0.39, 0.29) is 6.10 Å². The van der Waals surface area contributed by atoms with Crippen LogP contribution in [0.1, 0.15) is 38.5 Å². The monoisotopic (exact) mass is 209 g/mol. The highest BCUT2D eigenvalue weighted by molar-refractivity contribution is 5.18. The molecule has 0 aliphatic heterocycles. The van der Waals surface area contributed by atoms with E-state index in [0.717, 1.165) is 12.8 Å². The Morgan fingerprint density at radius 3 is 2.60 bits per heavy atom. The van der Waals surface area contributed by atoms with Gasteiger partial charge in [0, 0.05) is 12.3 Å². The van der Waals surface area contributed by atoms with Gasteiger partial charge in [-0.15, -0.1) is 0 Å². The first-order valence-electron chi connectivity index (χ1n) is 5.63. The van der Waals surface area contributed by atoms with Crippen molar-refractivity contribution < 1.29 is 9.13 Å². The molecule has 0 atom stereocenters. The third-order valence-electron chi connectivity index (χ3n) is 2.80. The predicted molar refractivity (Wildman–Crippen MR) is 56.3 cm³/mol. The van der Waals surface area contributed by atoms with Crippen LogP contribution < -0.4 is 4.74 Å². The standard InChI is InChI=1S/C12H16FNO/c13-12-9-11(7-8-14-12)15-10-5-3-1-2-4-6-10/h7-10H,1-6H2. The minimum Gasteiger partial charge on any atom is -0.490 e. The first kappa shape index (κ1) is 10.4. The molecule has 1 aliphatic rings. The van der Waals surface area contributed by atoms with Gasteiger partial charge >= 0.3 is 0 Å². The summed E-state index contributed by atoms with van der Waals surface area (Å²) >= 11 is 0. The molecule has 0 spiro atoms. The van der Waals surface area contributed by atoms with Crippen LogP contribution in [-0.2, 0) is 0 Å². The number of rotatable bonds is 2. The lowest BCUT2D eigenvalue weighted by Gasteiger charge is -2.16. The fourth-order valence-corrected chi connectivity index (χ4v) is 2.01. The maximum atomic E-state index is 12.8. The molecule has 82 valence electrons. The van der Waals surface area contributed by atoms with Crippen LogP contribution in [0.5, 0.6) is 5.75 Å². The highest BCUT2D eigenvalue weighted by atomic mass is 19.1. The molecule has 0 saturated heterocycles. The summed E-state index contributed by atoms with van der Waals surface area (Å²) < 4.78 is 18.5. The van der Waals surface area contributed by atoms with Gasteiger partial charge in [-0.1, -0.05) is 12.8 Å². The molecule has 0 amide bonds. The number of ether oxygens (including phenoxy) is 1. The smallest absolute Gasteiger partial charge is 0.216 e. The molecule has 1 aromatic heterocycles. The lowest BCUT2D eigenvalue weighted by molar-refractivity contribution is 0.182. The largest absolute Gasteiger partial charge is 0.490 e. The Labute approximate surface area is 89.5 Å². The molecular weight excluding hydrogens is 193 g/mol. The van der Waals surface area contributed by atoms with Crippen LogP contribution in [-0.4, -0.2) is 11.1 Å². The second-order valence-corrected chi connectivity index (χ2v) is 4.05. The molecule has 1 heterocycles. The number of hydrogen-bond donors (Lipinski definition) is 0. The van der Waals surface area contributed by atoms with Crippen molar-refractivity contribution >= 4 is 0 Å². The Morgan fingerprint density at radius 1 is 1.20 bits per heavy atom. The SMILES string of the molecule is Fc1cc(OC2CCCCCC2)ccn1. The number of hydrogen-bond acceptors (Lipinski definition) is 2. The molecule has 3 heteroatoms. The maximum Gasteiger partial charge on any atom is 0.216 e. The first-order valence-corrected chi connectivity index (χ1v) is 5.63. The second-order valence-electron chi connectivity index (χ2n) is 4.05. The van der Waals surface area contributed by atoms with E-state index in [4.69, 9.17) is 4.74 Å². The van der Waals surface area contributed by atoms with Crippen LogP contribution in [0.15, 0.2) is 18.3 Å². The van der Waals surface area contributed by atoms with E-state index in [1.165, 1.54) is 37.9 Å². The first-order chi connectivity index (χ1) is 7.34. The minimum atomic E-state index is -0.471. The molecule has 0 N–H and O–H groups in total. The summed E-state index contributed by atoms with van der Waals surface area (Å²) in [6.45, 7) is 0. The van der Waals surface area contributed by atoms with Gasteiger partial charge in [0.25, 0.3) is 0 Å². The van der Waals surface area contributed by atoms with Gasteiger partial charge < -0.3 is 4.74 Å². The van der Waals surface area contributed by atoms with E-state index < -0.39 is 5.95 Å². The van der Waals surface area contributed by atoms with E-state index in [1.54, 1.807) is 6.07 Å². The summed E-state index contributed by atoms with van der Waals surface area (Å²) in [5.41, 5.74) is 0. The topological polar surface area (TPSA) is 22.1 Å². The van der Waals surface area contributed by atoms with Crippen molar-refractivity contribution in [3.05, 3.63) is 24.3 Å². The van der Waals surface area contributed by atoms with Crippen LogP contribution in [0.3, 0.4) is 0 Å². The normalized spacial score (nSPS) is 18.5. The van der Waals surface area contributed by atoms with Crippen molar-refractivity contribution in [2.75, 3.05) is 0 Å². The molecular formula is C12H16FNO. The molecule has 2 rings (SSSR count). The molecule has 0 aromatic carbocycles. The van der Waals surface area contributed by atoms with Gasteiger partial charge in [-0.05, 0) is 31.7 Å². The summed E-state index contributed by atoms with van der Waals surface area (Å²) in [5.74, 6) is 0.135. The molecule has 0 bridgehead atoms. The van der Waals surface area contributed by atoms with Gasteiger partial charge in [0.1, 0.15) is 5.75 Å². The Bertz CT molecular complexity index is 308. The fourth-order valence-electron chi connectivity index (χ4n) is 2.01. The molecule has 15 heavy (non-hydrogen) atoms. The van der Waals surface area contributed by atoms with Crippen LogP contribution in [0, 0.1) is 5.95 Å². The van der Waals surface area contributed by atoms with Gasteiger partial charge in [-0.3, -0.25) is 0 Å². The van der Waals surface area contributed by atoms with E-state index in [9.17, 15) is 4.39 Å². The Hall–Kier alpha value is -1.12. The summed E-state index contributed by atoms with van der Waals surface area (Å²) in [6.07, 6.45) is 8.91. The zero-order valence-electron chi connectivity index (χ0n) is 8.79. The van der Waals surface area contributed by atoms with Crippen LogP contribution in [0.4, 0.5) is 4.39 Å². The molecule has 0 unspecified atom stereocenters. The summed E-state index contributed by atoms with van der Waals surface area (Å²) in [6, 6.07) is 3.07. The summed E-state index contributed by atoms with van der Waals surface area (Å²) in [5, 5.41) is 0. The van der Waals surface area contributed by atoms with Gasteiger partial charge in [0.05, 0.1) is 6.10 Å². The Balaban J connectivity index is 1.95. The van der Waals surface area contributed by atoms with Crippen molar-refractivity contribution in [2.45, 2.75) is 44.6 Å². The van der Waals surface area contributed by atoms with Crippen molar-refractivity contribution in [2.24, 2.45) is 0 Å². The maximum absolute atomic E-state index is 12.8. The average Bonchev–Trinajstić information content (AvgIpc) is 2.46. The van der Waals surface area contributed by atoms with E-state index in [2.05, 4.69) is 4.98 Å². The highest BCUT2D eigenvalue weighted by Gasteiger charge is 2.13. The quantitative estimate of drug-likeness (QED) is 0.550. The number of halogens is 1. The van der Waals surface area contributed by atoms with E-state index >= 15 is 0 Å². The third kappa shape index (κ3) is 3.18. The fraction of sp³-hybridized carbons (Fsp3) is 0.583. The van der Waals surface area contributed by atoms with Gasteiger partial charge in [-0.25, -0.2) is 4.98 Å². The van der Waals surface area contributed by atoms with Gasteiger partial charge in [0.15, 0.2) is 0 Å². The molecule has 2 nitrogen and oxygen atoms in total. The summed E-state index contributed by atoms with van der Waals surface area (Å²) in [4.78, 5) is 3.50. The van der Waals surface area contributed by atoms with Crippen molar-refractivity contribution in [1.82, 2.24) is 4.98 Å². The highest BCUT2D eigenvalue weighted by Crippen LogP contribution is 2.22. The molecule has 1 saturated carbocycles. The summed E-state index contributed by atoms with van der Waals surface area (Å²) in [7, 11) is 0. The van der Waals surface area contributed by atoms with Crippen LogP contribution in [0.2, 0.25) is 0 Å². The molecule has 1 aromatic rings. The number of nitrogens with zero attached hydrogens (tertiary/aromatic N) is 1. The Kier molecular flexibility index (Phi) is 3.54. The lowest BCUT2D eigenvalue weighted by Crippen LogP contribution is -2.15. The number of aromatic nitrogens is 1. The minimum absolute atomic E-state index is 0.259. The number of pyridine rings is 1. The second kappa shape index (κ2) is 5.10. The Morgan fingerprint density at radius 2 is 1.93 bits per heavy atom. The van der Waals surface area contributed by atoms with Crippen LogP contribution in [0.25, 0.3) is 0 Å². The molecule has 0 radical (unpaired) electrons. The van der Waals surface area contributed by atoms with E-state index in [1.807, 2.05) is 0 Å². The van der Waals surface area contributed by atoms with Crippen molar-refractivity contribution in [3.63, 3.8) is 0 Å². The van der Waals surface area contributed by atoms with Gasteiger partial charge in [-0.2, -0.15) is 4.39 Å². The van der Waals surface area contributed by atoms with Gasteiger partial charge in [0.2, 0.25) is 5.95 Å².